The molecule has 0 aromatic heterocycles. The summed E-state index contributed by atoms with van der Waals surface area (Å²) < 4.78 is 58.3. The Bertz CT molecular complexity index is 759. The molecule has 30 heavy (non-hydrogen) atoms. The van der Waals surface area contributed by atoms with Gasteiger partial charge in [0.1, 0.15) is 0 Å². The Kier molecular flexibility index (Phi) is 9.54. The standard InChI is InChI=1S/C19H30O9P2/c1-5-25-29(21,26-6-2)12-16(13-30(22,27-7-3)28-8-4)19(20)15-9-10-17-18(11-15)24-14-23-17/h9-11,16H,5-8,12-14H2,1-4H3. The van der Waals surface area contributed by atoms with Crippen LogP contribution in [0, 0.1) is 5.92 Å². The molecule has 0 radical (unpaired) electrons. The normalized spacial score (nSPS) is 13.8. The quantitative estimate of drug-likeness (QED) is 0.285. The molecular weight excluding hydrogens is 434 g/mol. The van der Waals surface area contributed by atoms with Gasteiger partial charge in [-0.05, 0) is 45.9 Å². The number of fused-ring (bicyclic) bond motifs is 1. The molecule has 1 aliphatic heterocycles. The molecule has 170 valence electrons. The van der Waals surface area contributed by atoms with Gasteiger partial charge in [0.05, 0.1) is 38.8 Å². The van der Waals surface area contributed by atoms with Crippen LogP contribution in [0.15, 0.2) is 18.2 Å². The summed E-state index contributed by atoms with van der Waals surface area (Å²) in [5.74, 6) is -0.382. The summed E-state index contributed by atoms with van der Waals surface area (Å²) in [4.78, 5) is 13.4. The van der Waals surface area contributed by atoms with Crippen molar-refractivity contribution >= 4 is 21.0 Å². The molecule has 0 atom stereocenters. The van der Waals surface area contributed by atoms with Crippen LogP contribution in [0.2, 0.25) is 0 Å². The number of hydrogen-bond acceptors (Lipinski definition) is 9. The van der Waals surface area contributed by atoms with Crippen LogP contribution in [-0.2, 0) is 27.2 Å². The predicted molar refractivity (Wildman–Crippen MR) is 112 cm³/mol. The molecule has 0 aliphatic carbocycles. The van der Waals surface area contributed by atoms with Gasteiger partial charge in [-0.1, -0.05) is 0 Å². The second kappa shape index (κ2) is 11.4. The molecule has 0 N–H and O–H groups in total. The maximum atomic E-state index is 13.4. The van der Waals surface area contributed by atoms with E-state index in [0.29, 0.717) is 17.1 Å². The lowest BCUT2D eigenvalue weighted by molar-refractivity contribution is 0.0927. The van der Waals surface area contributed by atoms with Crippen molar-refractivity contribution in [2.45, 2.75) is 27.7 Å². The summed E-state index contributed by atoms with van der Waals surface area (Å²) in [6.45, 7) is 7.42. The van der Waals surface area contributed by atoms with Crippen molar-refractivity contribution in [1.82, 2.24) is 0 Å². The van der Waals surface area contributed by atoms with Gasteiger partial charge in [-0.3, -0.25) is 13.9 Å². The Labute approximate surface area is 177 Å². The van der Waals surface area contributed by atoms with Gasteiger partial charge in [-0.2, -0.15) is 0 Å². The Morgan fingerprint density at radius 2 is 1.33 bits per heavy atom. The molecule has 1 aliphatic rings. The second-order valence-electron chi connectivity index (χ2n) is 6.39. The molecular formula is C19H30O9P2. The maximum absolute atomic E-state index is 13.4. The van der Waals surface area contributed by atoms with Crippen LogP contribution in [0.25, 0.3) is 0 Å². The second-order valence-corrected chi connectivity index (χ2v) is 10.6. The van der Waals surface area contributed by atoms with Crippen LogP contribution >= 0.6 is 15.2 Å². The van der Waals surface area contributed by atoms with E-state index in [4.69, 9.17) is 27.6 Å². The number of rotatable bonds is 14. The molecule has 0 saturated heterocycles. The molecule has 0 saturated carbocycles. The van der Waals surface area contributed by atoms with Crippen molar-refractivity contribution in [1.29, 1.82) is 0 Å². The molecule has 0 spiro atoms. The Hall–Kier alpha value is -1.21. The minimum Gasteiger partial charge on any atom is -0.454 e. The minimum atomic E-state index is -3.60. The number of carbonyl (C=O) groups excluding carboxylic acids is 1. The zero-order chi connectivity index (χ0) is 22.2. The summed E-state index contributed by atoms with van der Waals surface area (Å²) >= 11 is 0. The minimum absolute atomic E-state index is 0.0736. The van der Waals surface area contributed by atoms with Crippen molar-refractivity contribution in [2.24, 2.45) is 5.92 Å². The molecule has 0 amide bonds. The highest BCUT2D eigenvalue weighted by Crippen LogP contribution is 2.55. The van der Waals surface area contributed by atoms with E-state index in [0.717, 1.165) is 0 Å². The van der Waals surface area contributed by atoms with E-state index < -0.39 is 21.1 Å². The summed E-state index contributed by atoms with van der Waals surface area (Å²) in [6, 6.07) is 4.76. The fraction of sp³-hybridized carbons (Fsp3) is 0.632. The van der Waals surface area contributed by atoms with Gasteiger partial charge in [0, 0.05) is 11.5 Å². The summed E-state index contributed by atoms with van der Waals surface area (Å²) in [5.41, 5.74) is 0.309. The molecule has 1 aromatic rings. The molecule has 2 rings (SSSR count). The Morgan fingerprint density at radius 3 is 1.80 bits per heavy atom. The van der Waals surface area contributed by atoms with E-state index in [2.05, 4.69) is 0 Å². The molecule has 0 bridgehead atoms. The summed E-state index contributed by atoms with van der Waals surface area (Å²) in [7, 11) is -7.20. The van der Waals surface area contributed by atoms with Crippen LogP contribution in [-0.4, -0.2) is 51.3 Å². The van der Waals surface area contributed by atoms with Crippen LogP contribution in [0.1, 0.15) is 38.1 Å². The fourth-order valence-electron chi connectivity index (χ4n) is 3.12. The molecule has 0 unspecified atom stereocenters. The number of ketones is 1. The zero-order valence-electron chi connectivity index (χ0n) is 17.8. The van der Waals surface area contributed by atoms with Crippen molar-refractivity contribution < 1.29 is 41.5 Å². The van der Waals surface area contributed by atoms with E-state index in [-0.39, 0.29) is 51.3 Å². The van der Waals surface area contributed by atoms with Crippen molar-refractivity contribution in [3.8, 4) is 11.5 Å². The monoisotopic (exact) mass is 464 g/mol. The zero-order valence-corrected chi connectivity index (χ0v) is 19.6. The topological polar surface area (TPSA) is 107 Å². The Balaban J connectivity index is 2.37. The smallest absolute Gasteiger partial charge is 0.331 e. The van der Waals surface area contributed by atoms with E-state index in [1.165, 1.54) is 0 Å². The van der Waals surface area contributed by atoms with E-state index >= 15 is 0 Å². The van der Waals surface area contributed by atoms with Gasteiger partial charge in [0.25, 0.3) is 0 Å². The number of hydrogen-bond donors (Lipinski definition) is 0. The first-order valence-electron chi connectivity index (χ1n) is 9.99. The average Bonchev–Trinajstić information content (AvgIpc) is 3.15. The van der Waals surface area contributed by atoms with Crippen LogP contribution in [0.4, 0.5) is 0 Å². The number of carbonyl (C=O) groups is 1. The first kappa shape index (κ1) is 25.1. The highest BCUT2D eigenvalue weighted by molar-refractivity contribution is 7.55. The average molecular weight is 464 g/mol. The lowest BCUT2D eigenvalue weighted by Gasteiger charge is -2.25. The third-order valence-electron chi connectivity index (χ3n) is 4.22. The van der Waals surface area contributed by atoms with E-state index in [1.54, 1.807) is 45.9 Å². The maximum Gasteiger partial charge on any atom is 0.331 e. The molecule has 9 nitrogen and oxygen atoms in total. The Morgan fingerprint density at radius 1 is 0.867 bits per heavy atom. The van der Waals surface area contributed by atoms with Gasteiger partial charge in [0.2, 0.25) is 6.79 Å². The number of ether oxygens (including phenoxy) is 2. The first-order chi connectivity index (χ1) is 14.3. The third kappa shape index (κ3) is 6.64. The fourth-order valence-corrected chi connectivity index (χ4v) is 7.14. The number of benzene rings is 1. The third-order valence-corrected chi connectivity index (χ3v) is 8.60. The largest absolute Gasteiger partial charge is 0.454 e. The molecule has 1 aromatic carbocycles. The van der Waals surface area contributed by atoms with Crippen LogP contribution < -0.4 is 9.47 Å². The summed E-state index contributed by atoms with van der Waals surface area (Å²) in [6.07, 6.45) is -0.488. The lowest BCUT2D eigenvalue weighted by Crippen LogP contribution is -2.25. The molecule has 1 heterocycles. The van der Waals surface area contributed by atoms with Gasteiger partial charge in [-0.25, -0.2) is 0 Å². The van der Waals surface area contributed by atoms with E-state index in [1.807, 2.05) is 0 Å². The predicted octanol–water partition coefficient (Wildman–Crippen LogP) is 4.75. The first-order valence-corrected chi connectivity index (χ1v) is 13.4. The SMILES string of the molecule is CCOP(=O)(CC(CP(=O)(OCC)OCC)C(=O)c1ccc2c(c1)OCO2)OCC. The van der Waals surface area contributed by atoms with Crippen molar-refractivity contribution in [3.05, 3.63) is 23.8 Å². The number of Topliss-reactive ketones (excluding diaryl/α,β-unsaturated/α-hetero) is 1. The van der Waals surface area contributed by atoms with Gasteiger partial charge >= 0.3 is 15.2 Å². The van der Waals surface area contributed by atoms with E-state index in [9.17, 15) is 13.9 Å². The molecule has 11 heteroatoms. The highest BCUT2D eigenvalue weighted by atomic mass is 31.2. The van der Waals surface area contributed by atoms with Gasteiger partial charge < -0.3 is 27.6 Å². The lowest BCUT2D eigenvalue weighted by atomic mass is 10.0. The van der Waals surface area contributed by atoms with Crippen molar-refractivity contribution in [2.75, 3.05) is 45.5 Å². The highest BCUT2D eigenvalue weighted by Gasteiger charge is 2.39. The van der Waals surface area contributed by atoms with Gasteiger partial charge in [-0.15, -0.1) is 0 Å². The van der Waals surface area contributed by atoms with Crippen molar-refractivity contribution in [3.63, 3.8) is 0 Å². The van der Waals surface area contributed by atoms with Crippen LogP contribution in [0.3, 0.4) is 0 Å². The van der Waals surface area contributed by atoms with Crippen LogP contribution in [0.5, 0.6) is 11.5 Å². The van der Waals surface area contributed by atoms with Gasteiger partial charge in [0.15, 0.2) is 17.3 Å². The molecule has 0 fully saturated rings. The summed E-state index contributed by atoms with van der Waals surface area (Å²) in [5, 5.41) is 0.